The Hall–Kier alpha value is -2.61. The first-order valence-electron chi connectivity index (χ1n) is 12.9. The predicted octanol–water partition coefficient (Wildman–Crippen LogP) is 5.00. The third-order valence-electron chi connectivity index (χ3n) is 6.73. The van der Waals surface area contributed by atoms with Gasteiger partial charge in [-0.15, -0.1) is 0 Å². The molecule has 5 N–H and O–H groups in total. The molecule has 4 rings (SSSR count). The van der Waals surface area contributed by atoms with Gasteiger partial charge in [0.15, 0.2) is 0 Å². The third-order valence-corrected chi connectivity index (χ3v) is 7.04. The van der Waals surface area contributed by atoms with Crippen LogP contribution in [0.4, 0.5) is 5.69 Å². The minimum Gasteiger partial charge on any atom is -0.481 e. The van der Waals surface area contributed by atoms with Crippen molar-refractivity contribution in [1.82, 2.24) is 10.6 Å². The standard InChI is InChI=1S/C24H32ClN3.C4H6O4/c25-23-11-10-20-12-14-26-15-13-22(20)24(23)28-17-19-8-6-18(7-9-19)16-27-21-4-2-1-3-5-21;5-3(6)1-2-4(7)8/h6-11,21,26-28H,1-5,12-17H2;1-2H2,(H,5,6)(H,7,8). The SMILES string of the molecule is Clc1ccc2c(c1NCc1ccc(CNC3CCCCC3)cc1)CCNCC2.O=C(O)CCC(=O)O. The largest absolute Gasteiger partial charge is 0.481 e. The molecule has 0 bridgehead atoms. The number of hydrogen-bond acceptors (Lipinski definition) is 5. The van der Waals surface area contributed by atoms with Crippen molar-refractivity contribution in [3.05, 3.63) is 63.7 Å². The van der Waals surface area contributed by atoms with Crippen LogP contribution in [0.15, 0.2) is 36.4 Å². The van der Waals surface area contributed by atoms with Gasteiger partial charge in [0.25, 0.3) is 0 Å². The van der Waals surface area contributed by atoms with Crippen LogP contribution < -0.4 is 16.0 Å². The summed E-state index contributed by atoms with van der Waals surface area (Å²) in [7, 11) is 0. The van der Waals surface area contributed by atoms with Crippen molar-refractivity contribution >= 4 is 29.2 Å². The second-order valence-electron chi connectivity index (χ2n) is 9.48. The number of carbonyl (C=O) groups is 2. The molecule has 8 heteroatoms. The second-order valence-corrected chi connectivity index (χ2v) is 9.89. The van der Waals surface area contributed by atoms with Crippen LogP contribution in [0.3, 0.4) is 0 Å². The van der Waals surface area contributed by atoms with Gasteiger partial charge in [0, 0.05) is 19.1 Å². The fourth-order valence-electron chi connectivity index (χ4n) is 4.68. The Morgan fingerprint density at radius 2 is 1.47 bits per heavy atom. The highest BCUT2D eigenvalue weighted by Crippen LogP contribution is 2.31. The van der Waals surface area contributed by atoms with Crippen LogP contribution in [0.5, 0.6) is 0 Å². The van der Waals surface area contributed by atoms with Gasteiger partial charge in [0.1, 0.15) is 0 Å². The van der Waals surface area contributed by atoms with Crippen molar-refractivity contribution in [3.63, 3.8) is 0 Å². The molecule has 2 aromatic rings. The predicted molar refractivity (Wildman–Crippen MR) is 144 cm³/mol. The lowest BCUT2D eigenvalue weighted by atomic mass is 9.95. The van der Waals surface area contributed by atoms with Crippen molar-refractivity contribution in [1.29, 1.82) is 0 Å². The minimum absolute atomic E-state index is 0.296. The minimum atomic E-state index is -1.08. The molecule has 1 saturated carbocycles. The second kappa shape index (κ2) is 14.8. The van der Waals surface area contributed by atoms with E-state index in [0.29, 0.717) is 6.04 Å². The number of carboxylic acids is 2. The molecule has 36 heavy (non-hydrogen) atoms. The summed E-state index contributed by atoms with van der Waals surface area (Å²) in [6.07, 6.45) is 8.34. The number of hydrogen-bond donors (Lipinski definition) is 5. The number of nitrogens with one attached hydrogen (secondary N) is 3. The van der Waals surface area contributed by atoms with E-state index in [-0.39, 0.29) is 12.8 Å². The summed E-state index contributed by atoms with van der Waals surface area (Å²) in [4.78, 5) is 19.3. The summed E-state index contributed by atoms with van der Waals surface area (Å²) in [5.74, 6) is -2.15. The number of carboxylic acid groups (broad SMARTS) is 2. The Morgan fingerprint density at radius 1 is 0.861 bits per heavy atom. The van der Waals surface area contributed by atoms with Gasteiger partial charge in [0.05, 0.1) is 23.6 Å². The number of aliphatic carboxylic acids is 2. The monoisotopic (exact) mass is 515 g/mol. The lowest BCUT2D eigenvalue weighted by Gasteiger charge is -2.23. The summed E-state index contributed by atoms with van der Waals surface area (Å²) in [5.41, 5.74) is 6.58. The molecule has 0 atom stereocenters. The van der Waals surface area contributed by atoms with Crippen LogP contribution in [-0.4, -0.2) is 41.3 Å². The topological polar surface area (TPSA) is 111 Å². The third kappa shape index (κ3) is 9.45. The molecular formula is C28H38ClN3O4. The molecule has 0 aromatic heterocycles. The maximum atomic E-state index is 9.64. The van der Waals surface area contributed by atoms with Crippen molar-refractivity contribution in [2.75, 3.05) is 18.4 Å². The first-order valence-corrected chi connectivity index (χ1v) is 13.3. The zero-order chi connectivity index (χ0) is 25.8. The molecule has 0 radical (unpaired) electrons. The van der Waals surface area contributed by atoms with Gasteiger partial charge in [-0.3, -0.25) is 9.59 Å². The van der Waals surface area contributed by atoms with Gasteiger partial charge >= 0.3 is 11.9 Å². The molecule has 0 unspecified atom stereocenters. The Kier molecular flexibility index (Phi) is 11.5. The number of rotatable bonds is 9. The van der Waals surface area contributed by atoms with E-state index < -0.39 is 11.9 Å². The lowest BCUT2D eigenvalue weighted by molar-refractivity contribution is -0.143. The summed E-state index contributed by atoms with van der Waals surface area (Å²) in [6, 6.07) is 13.9. The highest BCUT2D eigenvalue weighted by atomic mass is 35.5. The fraction of sp³-hybridized carbons (Fsp3) is 0.500. The summed E-state index contributed by atoms with van der Waals surface area (Å²) >= 11 is 6.53. The smallest absolute Gasteiger partial charge is 0.303 e. The van der Waals surface area contributed by atoms with Crippen molar-refractivity contribution in [2.24, 2.45) is 0 Å². The summed E-state index contributed by atoms with van der Waals surface area (Å²) in [5, 5.41) is 27.4. The molecule has 1 aliphatic carbocycles. The van der Waals surface area contributed by atoms with Crippen molar-refractivity contribution in [2.45, 2.75) is 76.9 Å². The first-order chi connectivity index (χ1) is 17.4. The van der Waals surface area contributed by atoms with Crippen LogP contribution in [0.1, 0.15) is 67.2 Å². The van der Waals surface area contributed by atoms with E-state index >= 15 is 0 Å². The number of anilines is 1. The lowest BCUT2D eigenvalue weighted by Crippen LogP contribution is -2.30. The number of halogens is 1. The number of fused-ring (bicyclic) bond motifs is 1. The normalized spacial score (nSPS) is 15.7. The molecule has 1 fully saturated rings. The van der Waals surface area contributed by atoms with Gasteiger partial charge in [0.2, 0.25) is 0 Å². The zero-order valence-electron chi connectivity index (χ0n) is 20.8. The van der Waals surface area contributed by atoms with Gasteiger partial charge in [-0.25, -0.2) is 0 Å². The molecule has 1 aliphatic heterocycles. The molecule has 7 nitrogen and oxygen atoms in total. The van der Waals surface area contributed by atoms with E-state index in [9.17, 15) is 9.59 Å². The number of benzene rings is 2. The average Bonchev–Trinajstić information content (AvgIpc) is 3.13. The molecule has 196 valence electrons. The Labute approximate surface area is 218 Å². The molecule has 2 aliphatic rings. The summed E-state index contributed by atoms with van der Waals surface area (Å²) < 4.78 is 0. The van der Waals surface area contributed by atoms with Gasteiger partial charge in [-0.2, -0.15) is 0 Å². The summed E-state index contributed by atoms with van der Waals surface area (Å²) in [6.45, 7) is 3.85. The van der Waals surface area contributed by atoms with E-state index in [1.54, 1.807) is 0 Å². The first kappa shape index (κ1) is 28.0. The van der Waals surface area contributed by atoms with Crippen LogP contribution in [0, 0.1) is 0 Å². The van der Waals surface area contributed by atoms with E-state index in [0.717, 1.165) is 49.7 Å². The van der Waals surface area contributed by atoms with Crippen molar-refractivity contribution in [3.8, 4) is 0 Å². The molecule has 1 heterocycles. The highest BCUT2D eigenvalue weighted by Gasteiger charge is 2.15. The molecule has 0 saturated heterocycles. The Morgan fingerprint density at radius 3 is 2.11 bits per heavy atom. The molecular weight excluding hydrogens is 478 g/mol. The van der Waals surface area contributed by atoms with Crippen LogP contribution in [0.2, 0.25) is 5.02 Å². The van der Waals surface area contributed by atoms with Gasteiger partial charge in [-0.1, -0.05) is 61.2 Å². The molecule has 2 aromatic carbocycles. The zero-order valence-corrected chi connectivity index (χ0v) is 21.6. The van der Waals surface area contributed by atoms with Crippen molar-refractivity contribution < 1.29 is 19.8 Å². The highest BCUT2D eigenvalue weighted by molar-refractivity contribution is 6.33. The Bertz CT molecular complexity index is 977. The van der Waals surface area contributed by atoms with Crippen LogP contribution >= 0.6 is 11.6 Å². The van der Waals surface area contributed by atoms with Crippen LogP contribution in [-0.2, 0) is 35.5 Å². The van der Waals surface area contributed by atoms with Gasteiger partial charge < -0.3 is 26.2 Å². The molecule has 0 spiro atoms. The Balaban J connectivity index is 0.000000392. The van der Waals surface area contributed by atoms with E-state index in [2.05, 4.69) is 46.3 Å². The van der Waals surface area contributed by atoms with E-state index in [1.807, 2.05) is 6.07 Å². The maximum Gasteiger partial charge on any atom is 0.303 e. The maximum absolute atomic E-state index is 9.64. The average molecular weight is 516 g/mol. The van der Waals surface area contributed by atoms with Crippen LogP contribution in [0.25, 0.3) is 0 Å². The van der Waals surface area contributed by atoms with E-state index in [1.165, 1.54) is 54.4 Å². The van der Waals surface area contributed by atoms with Gasteiger partial charge in [-0.05, 0) is 67.1 Å². The fourth-order valence-corrected chi connectivity index (χ4v) is 4.93. The molecule has 0 amide bonds. The van der Waals surface area contributed by atoms with E-state index in [4.69, 9.17) is 21.8 Å². The quantitative estimate of drug-likeness (QED) is 0.319.